The van der Waals surface area contributed by atoms with Crippen LogP contribution < -0.4 is 9.47 Å². The summed E-state index contributed by atoms with van der Waals surface area (Å²) in [6, 6.07) is 38.8. The molecule has 8 nitrogen and oxygen atoms in total. The number of hydrogen-bond donors (Lipinski definition) is 0. The van der Waals surface area contributed by atoms with E-state index >= 15 is 0 Å². The summed E-state index contributed by atoms with van der Waals surface area (Å²) in [5, 5.41) is 1.29. The van der Waals surface area contributed by atoms with E-state index in [2.05, 4.69) is 49.2 Å². The molecule has 0 bridgehead atoms. The van der Waals surface area contributed by atoms with E-state index in [0.29, 0.717) is 39.3 Å². The number of benzene rings is 4. The van der Waals surface area contributed by atoms with Crippen LogP contribution in [0.3, 0.4) is 0 Å². The van der Waals surface area contributed by atoms with E-state index in [4.69, 9.17) is 12.2 Å². The van der Waals surface area contributed by atoms with Crippen LogP contribution in [0.5, 0.6) is 23.0 Å². The van der Waals surface area contributed by atoms with Gasteiger partial charge in [-0.1, -0.05) is 47.4 Å². The summed E-state index contributed by atoms with van der Waals surface area (Å²) in [4.78, 5) is 21.5. The van der Waals surface area contributed by atoms with Crippen molar-refractivity contribution < 1.29 is 53.7 Å². The fraction of sp³-hybridized carbons (Fsp3) is 0. The van der Waals surface area contributed by atoms with Gasteiger partial charge in [-0.2, -0.15) is 22.9 Å². The molecule has 0 radical (unpaired) electrons. The Hall–Kier alpha value is -5.06. The van der Waals surface area contributed by atoms with Gasteiger partial charge in [-0.3, -0.25) is 0 Å². The Balaban J connectivity index is 0.00000208. The largest absolute Gasteiger partial charge is 2.00 e. The molecule has 47 heavy (non-hydrogen) atoms. The zero-order chi connectivity index (χ0) is 31.7. The van der Waals surface area contributed by atoms with E-state index in [1.54, 1.807) is 41.2 Å². The van der Waals surface area contributed by atoms with E-state index < -0.39 is 0 Å². The minimum atomic E-state index is 0. The van der Waals surface area contributed by atoms with Gasteiger partial charge >= 0.3 is 41.5 Å². The van der Waals surface area contributed by atoms with Gasteiger partial charge in [0.05, 0.1) is 0 Å². The van der Waals surface area contributed by atoms with Crippen LogP contribution >= 0.6 is 0 Å². The van der Waals surface area contributed by atoms with Crippen molar-refractivity contribution in [2.24, 2.45) is 0 Å². The van der Waals surface area contributed by atoms with Crippen LogP contribution in [0, 0.1) is 24.3 Å². The molecule has 4 aromatic heterocycles. The first kappa shape index (κ1) is 29.3. The van der Waals surface area contributed by atoms with Gasteiger partial charge in [0.15, 0.2) is 0 Å². The average Bonchev–Trinajstić information content (AvgIpc) is 3.41. The molecule has 4 aromatic carbocycles. The second kappa shape index (κ2) is 14.1. The second-order valence-electron chi connectivity index (χ2n) is 9.78. The SMILES string of the molecule is [2H]c1cc2c3cc([2H])c(Oc4[c-]c(-c5ccccn5)ccc4)[c-]c3n(-c3ncncn3)c2[c-]c1Oc1[c-]c(-c2ccccn2)ccc1.[Pd+2].[Pt+2]. The fourth-order valence-electron chi connectivity index (χ4n) is 4.95. The molecule has 0 spiro atoms. The molecule has 0 saturated heterocycles. The Morgan fingerprint density at radius 3 is 1.53 bits per heavy atom. The van der Waals surface area contributed by atoms with Gasteiger partial charge in [-0.15, -0.1) is 71.7 Å². The summed E-state index contributed by atoms with van der Waals surface area (Å²) >= 11 is 0. The molecular weight excluding hydrogens is 862 g/mol. The van der Waals surface area contributed by atoms with Crippen molar-refractivity contribution in [3.8, 4) is 51.5 Å². The van der Waals surface area contributed by atoms with Crippen LogP contribution in [0.15, 0.2) is 122 Å². The van der Waals surface area contributed by atoms with Gasteiger partial charge in [0.1, 0.15) is 12.7 Å². The molecule has 0 aliphatic carbocycles. The van der Waals surface area contributed by atoms with Gasteiger partial charge in [-0.25, -0.2) is 15.0 Å². The number of rotatable bonds is 7. The standard InChI is InChI=1S/C37H20N6O2.Pd.Pt/c1-3-17-39-33(11-1)25-7-5-9-27(19-25)44-29-13-15-31-32-16-14-30(22-36(32)43(35(31)21-29)37-41-23-38-24-42-37)45-28-10-6-8-26(20-28)34-12-2-4-18-40-34;;/h1-18,23-24H;;/q-4;2*+2/i13D,14D;;. The molecule has 0 fully saturated rings. The Morgan fingerprint density at radius 2 is 1.06 bits per heavy atom. The number of hydrogen-bond acceptors (Lipinski definition) is 7. The summed E-state index contributed by atoms with van der Waals surface area (Å²) in [5.41, 5.74) is 4.05. The minimum absolute atomic E-state index is 0. The number of nitrogens with zero attached hydrogens (tertiary/aromatic N) is 6. The van der Waals surface area contributed by atoms with Crippen molar-refractivity contribution in [2.75, 3.05) is 0 Å². The van der Waals surface area contributed by atoms with Crippen molar-refractivity contribution in [3.63, 3.8) is 0 Å². The van der Waals surface area contributed by atoms with Crippen molar-refractivity contribution in [1.29, 1.82) is 0 Å². The molecule has 230 valence electrons. The van der Waals surface area contributed by atoms with Gasteiger partial charge in [0, 0.05) is 35.4 Å². The van der Waals surface area contributed by atoms with Crippen LogP contribution in [0.2, 0.25) is 0 Å². The molecule has 4 heterocycles. The van der Waals surface area contributed by atoms with Gasteiger partial charge in [-0.05, 0) is 26.3 Å². The summed E-state index contributed by atoms with van der Waals surface area (Å²) in [6.45, 7) is 0. The Morgan fingerprint density at radius 1 is 0.553 bits per heavy atom. The zero-order valence-electron chi connectivity index (χ0n) is 26.0. The first-order chi connectivity index (χ1) is 23.1. The van der Waals surface area contributed by atoms with Crippen LogP contribution in [-0.2, 0) is 41.5 Å². The van der Waals surface area contributed by atoms with E-state index in [-0.39, 0.29) is 65.1 Å². The fourth-order valence-corrected chi connectivity index (χ4v) is 4.95. The summed E-state index contributed by atoms with van der Waals surface area (Å²) in [7, 11) is 0. The third-order valence-electron chi connectivity index (χ3n) is 6.93. The molecule has 0 saturated carbocycles. The monoisotopic (exact) mass is 883 g/mol. The van der Waals surface area contributed by atoms with Crippen LogP contribution in [0.1, 0.15) is 2.74 Å². The predicted octanol–water partition coefficient (Wildman–Crippen LogP) is 7.87. The van der Waals surface area contributed by atoms with Crippen molar-refractivity contribution in [3.05, 3.63) is 146 Å². The van der Waals surface area contributed by atoms with Crippen molar-refractivity contribution in [2.45, 2.75) is 0 Å². The quantitative estimate of drug-likeness (QED) is 0.119. The van der Waals surface area contributed by atoms with Crippen LogP contribution in [0.4, 0.5) is 0 Å². The van der Waals surface area contributed by atoms with Gasteiger partial charge < -0.3 is 24.0 Å². The maximum Gasteiger partial charge on any atom is 2.00 e. The first-order valence-electron chi connectivity index (χ1n) is 14.9. The number of pyridine rings is 2. The average molecular weight is 884 g/mol. The van der Waals surface area contributed by atoms with E-state index in [9.17, 15) is 0 Å². The third kappa shape index (κ3) is 6.61. The van der Waals surface area contributed by atoms with E-state index in [1.165, 1.54) is 12.7 Å². The molecule has 0 aliphatic rings. The number of ether oxygens (including phenoxy) is 2. The molecule has 0 N–H and O–H groups in total. The Bertz CT molecular complexity index is 2250. The third-order valence-corrected chi connectivity index (χ3v) is 6.93. The van der Waals surface area contributed by atoms with Gasteiger partial charge in [0.25, 0.3) is 0 Å². The zero-order valence-corrected chi connectivity index (χ0v) is 27.9. The molecule has 8 rings (SSSR count). The van der Waals surface area contributed by atoms with Crippen molar-refractivity contribution in [1.82, 2.24) is 29.5 Å². The minimum Gasteiger partial charge on any atom is -0.503 e. The maximum absolute atomic E-state index is 8.82. The Kier molecular flexibility index (Phi) is 8.84. The molecule has 0 unspecified atom stereocenters. The molecular formula is C37H20N6O2PdPt. The summed E-state index contributed by atoms with van der Waals surface area (Å²) < 4.78 is 31.7. The molecule has 0 atom stereocenters. The number of fused-ring (bicyclic) bond motifs is 3. The molecule has 0 aliphatic heterocycles. The maximum atomic E-state index is 8.82. The van der Waals surface area contributed by atoms with Crippen LogP contribution in [0.25, 0.3) is 50.3 Å². The second-order valence-corrected chi connectivity index (χ2v) is 9.78. The van der Waals surface area contributed by atoms with E-state index in [0.717, 1.165) is 22.5 Å². The summed E-state index contributed by atoms with van der Waals surface area (Å²) in [6.07, 6.45) is 6.21. The number of aromatic nitrogens is 6. The van der Waals surface area contributed by atoms with E-state index in [1.807, 2.05) is 60.7 Å². The Labute approximate surface area is 301 Å². The smallest absolute Gasteiger partial charge is 0.503 e. The normalized spacial score (nSPS) is 11.2. The predicted molar refractivity (Wildman–Crippen MR) is 169 cm³/mol. The summed E-state index contributed by atoms with van der Waals surface area (Å²) in [5.74, 6) is 1.45. The molecule has 8 aromatic rings. The molecule has 0 amide bonds. The van der Waals surface area contributed by atoms with Crippen LogP contribution in [-0.4, -0.2) is 29.5 Å². The first-order valence-corrected chi connectivity index (χ1v) is 13.9. The van der Waals surface area contributed by atoms with Crippen molar-refractivity contribution >= 4 is 21.8 Å². The van der Waals surface area contributed by atoms with Gasteiger partial charge in [0.2, 0.25) is 5.95 Å². The molecule has 10 heteroatoms. The topological polar surface area (TPSA) is 87.8 Å².